The molecule has 1 saturated heterocycles. The van der Waals surface area contributed by atoms with Gasteiger partial charge in [-0.25, -0.2) is 14.4 Å². The fraction of sp³-hybridized carbons (Fsp3) is 0.462. The molecule has 0 spiro atoms. The van der Waals surface area contributed by atoms with E-state index in [0.717, 1.165) is 31.2 Å². The maximum Gasteiger partial charge on any atom is 0.253 e. The van der Waals surface area contributed by atoms with E-state index in [0.29, 0.717) is 5.02 Å². The van der Waals surface area contributed by atoms with Crippen LogP contribution in [0, 0.1) is 11.7 Å². The van der Waals surface area contributed by atoms with Crippen molar-refractivity contribution in [3.8, 4) is 0 Å². The average molecular weight is 563 g/mol. The van der Waals surface area contributed by atoms with Gasteiger partial charge in [-0.05, 0) is 61.4 Å². The first-order valence-electron chi connectivity index (χ1n) is 12.8. The molecule has 12 heteroatoms. The van der Waals surface area contributed by atoms with Crippen molar-refractivity contribution in [2.24, 2.45) is 22.7 Å². The Bertz CT molecular complexity index is 1210. The number of nitrogens with zero attached hydrogens (tertiary/aromatic N) is 3. The first-order chi connectivity index (χ1) is 18.4. The van der Waals surface area contributed by atoms with E-state index < -0.39 is 28.9 Å². The summed E-state index contributed by atoms with van der Waals surface area (Å²) >= 11 is 6.14. The molecule has 3 fully saturated rings. The molecular weight excluding hydrogens is 531 g/mol. The fourth-order valence-electron chi connectivity index (χ4n) is 4.97. The summed E-state index contributed by atoms with van der Waals surface area (Å²) in [6.45, 7) is 0.472. The molecule has 204 valence electrons. The van der Waals surface area contributed by atoms with Crippen LogP contribution in [-0.4, -0.2) is 51.4 Å². The van der Waals surface area contributed by atoms with Crippen LogP contribution in [0.3, 0.4) is 0 Å². The van der Waals surface area contributed by atoms with Crippen LogP contribution in [0.25, 0.3) is 0 Å². The van der Waals surface area contributed by atoms with Gasteiger partial charge in [0.15, 0.2) is 0 Å². The SMILES string of the molecule is NN=C(CC1OCC(c2ccc(Cl)cc2)N(C(CN(c2ccccc2F)S(=O)C2CC2)C2CC2)C1=O)NN. The molecule has 0 bridgehead atoms. The summed E-state index contributed by atoms with van der Waals surface area (Å²) in [5.41, 5.74) is 3.57. The topological polar surface area (TPSA) is 126 Å². The molecule has 3 aliphatic rings. The third-order valence-electron chi connectivity index (χ3n) is 7.30. The molecular formula is C26H32ClFN6O3S. The number of anilines is 1. The van der Waals surface area contributed by atoms with Crippen LogP contribution in [0.5, 0.6) is 0 Å². The minimum absolute atomic E-state index is 0.00591. The van der Waals surface area contributed by atoms with Gasteiger partial charge in [0.25, 0.3) is 5.91 Å². The molecule has 0 aromatic heterocycles. The van der Waals surface area contributed by atoms with Crippen LogP contribution in [0.1, 0.15) is 43.7 Å². The molecule has 9 nitrogen and oxygen atoms in total. The van der Waals surface area contributed by atoms with Gasteiger partial charge < -0.3 is 20.9 Å². The Balaban J connectivity index is 1.52. The zero-order valence-corrected chi connectivity index (χ0v) is 22.4. The molecule has 1 heterocycles. The maximum atomic E-state index is 15.0. The number of carbonyl (C=O) groups excluding carboxylic acids is 1. The van der Waals surface area contributed by atoms with E-state index in [9.17, 15) is 13.4 Å². The molecule has 38 heavy (non-hydrogen) atoms. The Morgan fingerprint density at radius 2 is 1.92 bits per heavy atom. The second kappa shape index (κ2) is 11.6. The van der Waals surface area contributed by atoms with Crippen LogP contribution in [-0.2, 0) is 20.5 Å². The van der Waals surface area contributed by atoms with Crippen molar-refractivity contribution in [3.05, 3.63) is 64.9 Å². The molecule has 2 saturated carbocycles. The van der Waals surface area contributed by atoms with E-state index in [4.69, 9.17) is 28.0 Å². The average Bonchev–Trinajstić information content (AvgIpc) is 3.83. The van der Waals surface area contributed by atoms with Gasteiger partial charge in [0.05, 0.1) is 36.2 Å². The van der Waals surface area contributed by atoms with Crippen molar-refractivity contribution < 1.29 is 18.1 Å². The van der Waals surface area contributed by atoms with Crippen molar-refractivity contribution >= 4 is 40.0 Å². The van der Waals surface area contributed by atoms with Crippen molar-refractivity contribution in [3.63, 3.8) is 0 Å². The summed E-state index contributed by atoms with van der Waals surface area (Å²) in [4.78, 5) is 15.9. The van der Waals surface area contributed by atoms with E-state index in [-0.39, 0.29) is 54.2 Å². The monoisotopic (exact) mass is 562 g/mol. The normalized spacial score (nSPS) is 23.7. The molecule has 2 aromatic carbocycles. The van der Waals surface area contributed by atoms with Gasteiger partial charge in [0.2, 0.25) is 0 Å². The third kappa shape index (κ3) is 5.80. The summed E-state index contributed by atoms with van der Waals surface area (Å²) in [5.74, 6) is 10.7. The summed E-state index contributed by atoms with van der Waals surface area (Å²) in [7, 11) is -1.42. The Hall–Kier alpha value is -2.73. The molecule has 4 atom stereocenters. The number of hydrogen-bond acceptors (Lipinski definition) is 6. The smallest absolute Gasteiger partial charge is 0.253 e. The lowest BCUT2D eigenvalue weighted by Gasteiger charge is -2.45. The fourth-order valence-corrected chi connectivity index (χ4v) is 6.64. The van der Waals surface area contributed by atoms with Gasteiger partial charge in [0, 0.05) is 11.4 Å². The van der Waals surface area contributed by atoms with Crippen LogP contribution in [0.15, 0.2) is 53.6 Å². The number of para-hydroxylation sites is 1. The van der Waals surface area contributed by atoms with Crippen LogP contribution >= 0.6 is 11.6 Å². The highest BCUT2D eigenvalue weighted by Crippen LogP contribution is 2.43. The van der Waals surface area contributed by atoms with Gasteiger partial charge in [-0.2, -0.15) is 5.10 Å². The van der Waals surface area contributed by atoms with Gasteiger partial charge in [-0.15, -0.1) is 0 Å². The van der Waals surface area contributed by atoms with Crippen molar-refractivity contribution in [2.45, 2.75) is 55.5 Å². The maximum absolute atomic E-state index is 15.0. The number of carbonyl (C=O) groups is 1. The van der Waals surface area contributed by atoms with E-state index in [1.807, 2.05) is 17.0 Å². The molecule has 5 N–H and O–H groups in total. The third-order valence-corrected chi connectivity index (χ3v) is 9.38. The van der Waals surface area contributed by atoms with Gasteiger partial charge in [0.1, 0.15) is 28.7 Å². The number of nitrogens with one attached hydrogen (secondary N) is 1. The second-order valence-electron chi connectivity index (χ2n) is 9.95. The lowest BCUT2D eigenvalue weighted by molar-refractivity contribution is -0.164. The van der Waals surface area contributed by atoms with E-state index in [1.165, 1.54) is 6.07 Å². The Labute approximate surface area is 228 Å². The number of hydrazone groups is 1. The molecule has 2 aromatic rings. The minimum Gasteiger partial charge on any atom is -0.365 e. The first kappa shape index (κ1) is 26.9. The Morgan fingerprint density at radius 3 is 2.53 bits per heavy atom. The zero-order chi connectivity index (χ0) is 26.8. The van der Waals surface area contributed by atoms with Crippen molar-refractivity contribution in [1.29, 1.82) is 0 Å². The zero-order valence-electron chi connectivity index (χ0n) is 20.8. The van der Waals surface area contributed by atoms with Gasteiger partial charge >= 0.3 is 0 Å². The predicted octanol–water partition coefficient (Wildman–Crippen LogP) is 2.98. The first-order valence-corrected chi connectivity index (χ1v) is 14.3. The predicted molar refractivity (Wildman–Crippen MR) is 146 cm³/mol. The Kier molecular flexibility index (Phi) is 8.18. The highest BCUT2D eigenvalue weighted by atomic mass is 35.5. The lowest BCUT2D eigenvalue weighted by atomic mass is 9.97. The largest absolute Gasteiger partial charge is 0.365 e. The number of ether oxygens (including phenoxy) is 1. The molecule has 1 aliphatic heterocycles. The molecule has 0 radical (unpaired) electrons. The van der Waals surface area contributed by atoms with Gasteiger partial charge in [-0.3, -0.25) is 9.10 Å². The number of morpholine rings is 1. The number of halogens is 2. The summed E-state index contributed by atoms with van der Waals surface area (Å²) in [6, 6.07) is 13.0. The molecule has 2 aliphatic carbocycles. The molecule has 1 amide bonds. The second-order valence-corrected chi connectivity index (χ2v) is 12.0. The highest BCUT2D eigenvalue weighted by Gasteiger charge is 2.48. The van der Waals surface area contributed by atoms with E-state index in [2.05, 4.69) is 10.5 Å². The summed E-state index contributed by atoms with van der Waals surface area (Å²) < 4.78 is 36.2. The van der Waals surface area contributed by atoms with Crippen LogP contribution in [0.4, 0.5) is 10.1 Å². The lowest BCUT2D eigenvalue weighted by Crippen LogP contribution is -2.58. The van der Waals surface area contributed by atoms with Gasteiger partial charge in [-0.1, -0.05) is 35.9 Å². The van der Waals surface area contributed by atoms with Crippen molar-refractivity contribution in [1.82, 2.24) is 10.3 Å². The molecule has 4 unspecified atom stereocenters. The number of amidine groups is 1. The summed E-state index contributed by atoms with van der Waals surface area (Å²) in [5, 5.41) is 4.19. The standard InChI is InChI=1S/C26H32ClFN6O3S/c27-18-9-7-17(8-10-18)23-15-37-24(13-25(31-29)32-30)26(35)34(23)22(16-5-6-16)14-33(38(36)19-11-12-19)21-4-2-1-3-20(21)28/h1-4,7-10,16,19,22-24H,5-6,11-15,29-30H2,(H,31,32). The van der Waals surface area contributed by atoms with Crippen LogP contribution < -0.4 is 21.4 Å². The minimum atomic E-state index is -1.42. The number of amides is 1. The van der Waals surface area contributed by atoms with Crippen LogP contribution in [0.2, 0.25) is 5.02 Å². The number of benzene rings is 2. The van der Waals surface area contributed by atoms with E-state index in [1.54, 1.807) is 34.6 Å². The number of nitrogens with two attached hydrogens (primary N) is 2. The molecule has 5 rings (SSSR count). The Morgan fingerprint density at radius 1 is 1.21 bits per heavy atom. The number of hydrogen-bond donors (Lipinski definition) is 3. The van der Waals surface area contributed by atoms with Crippen molar-refractivity contribution in [2.75, 3.05) is 17.5 Å². The highest BCUT2D eigenvalue weighted by molar-refractivity contribution is 7.87. The number of rotatable bonds is 10. The number of hydrazine groups is 1. The summed E-state index contributed by atoms with van der Waals surface area (Å²) in [6.07, 6.45) is 2.75. The quantitative estimate of drug-likeness (QED) is 0.177. The van der Waals surface area contributed by atoms with E-state index >= 15 is 0 Å².